The molecule has 18 heavy (non-hydrogen) atoms. The van der Waals surface area contributed by atoms with Crippen LogP contribution in [0.3, 0.4) is 0 Å². The second-order valence-corrected chi connectivity index (χ2v) is 6.10. The van der Waals surface area contributed by atoms with E-state index < -0.39 is 0 Å². The lowest BCUT2D eigenvalue weighted by atomic mass is 9.79. The molecule has 1 aliphatic rings. The summed E-state index contributed by atoms with van der Waals surface area (Å²) in [4.78, 5) is 0. The van der Waals surface area contributed by atoms with Gasteiger partial charge in [-0.25, -0.2) is 0 Å². The average Bonchev–Trinajstić information content (AvgIpc) is 2.38. The SMILES string of the molecule is CCCCCCNCOC1CCCCC1C(C)C. The topological polar surface area (TPSA) is 21.3 Å². The van der Waals surface area contributed by atoms with Crippen LogP contribution < -0.4 is 5.32 Å². The molecule has 2 atom stereocenters. The zero-order valence-corrected chi connectivity index (χ0v) is 12.7. The second-order valence-electron chi connectivity index (χ2n) is 6.10. The van der Waals surface area contributed by atoms with Crippen LogP contribution in [0.25, 0.3) is 0 Å². The van der Waals surface area contributed by atoms with Crippen molar-refractivity contribution < 1.29 is 4.74 Å². The third-order valence-corrected chi connectivity index (χ3v) is 4.22. The molecule has 0 saturated heterocycles. The van der Waals surface area contributed by atoms with Crippen LogP contribution in [0.1, 0.15) is 72.1 Å². The summed E-state index contributed by atoms with van der Waals surface area (Å²) in [5, 5.41) is 3.43. The van der Waals surface area contributed by atoms with Gasteiger partial charge < -0.3 is 4.74 Å². The molecule has 2 unspecified atom stereocenters. The predicted molar refractivity (Wildman–Crippen MR) is 78.7 cm³/mol. The molecule has 1 N–H and O–H groups in total. The smallest absolute Gasteiger partial charge is 0.0969 e. The van der Waals surface area contributed by atoms with Gasteiger partial charge in [-0.3, -0.25) is 5.32 Å². The van der Waals surface area contributed by atoms with Gasteiger partial charge in [0.25, 0.3) is 0 Å². The number of nitrogens with one attached hydrogen (secondary N) is 1. The lowest BCUT2D eigenvalue weighted by Crippen LogP contribution is -2.34. The lowest BCUT2D eigenvalue weighted by molar-refractivity contribution is -0.0334. The van der Waals surface area contributed by atoms with Crippen LogP contribution in [0, 0.1) is 11.8 Å². The number of ether oxygens (including phenoxy) is 1. The fourth-order valence-corrected chi connectivity index (χ4v) is 3.01. The summed E-state index contributed by atoms with van der Waals surface area (Å²) in [5.74, 6) is 1.54. The Bertz CT molecular complexity index is 194. The number of hydrogen-bond acceptors (Lipinski definition) is 2. The highest BCUT2D eigenvalue weighted by molar-refractivity contribution is 4.78. The molecule has 0 spiro atoms. The van der Waals surface area contributed by atoms with Crippen molar-refractivity contribution in [3.8, 4) is 0 Å². The van der Waals surface area contributed by atoms with Gasteiger partial charge >= 0.3 is 0 Å². The van der Waals surface area contributed by atoms with E-state index in [9.17, 15) is 0 Å². The summed E-state index contributed by atoms with van der Waals surface area (Å²) in [6.45, 7) is 8.79. The highest BCUT2D eigenvalue weighted by atomic mass is 16.5. The molecule has 0 radical (unpaired) electrons. The van der Waals surface area contributed by atoms with E-state index in [4.69, 9.17) is 4.74 Å². The predicted octanol–water partition coefficient (Wildman–Crippen LogP) is 4.35. The van der Waals surface area contributed by atoms with Gasteiger partial charge in [0, 0.05) is 0 Å². The van der Waals surface area contributed by atoms with Crippen LogP contribution in [0.15, 0.2) is 0 Å². The molecule has 0 aromatic heterocycles. The molecule has 1 rings (SSSR count). The van der Waals surface area contributed by atoms with Crippen molar-refractivity contribution in [3.63, 3.8) is 0 Å². The van der Waals surface area contributed by atoms with Crippen molar-refractivity contribution >= 4 is 0 Å². The van der Waals surface area contributed by atoms with E-state index in [0.717, 1.165) is 25.1 Å². The van der Waals surface area contributed by atoms with Crippen LogP contribution in [-0.2, 0) is 4.74 Å². The Morgan fingerprint density at radius 2 is 1.89 bits per heavy atom. The van der Waals surface area contributed by atoms with Crippen molar-refractivity contribution in [1.29, 1.82) is 0 Å². The van der Waals surface area contributed by atoms with Crippen molar-refractivity contribution in [2.24, 2.45) is 11.8 Å². The third kappa shape index (κ3) is 6.19. The molecule has 1 fully saturated rings. The van der Waals surface area contributed by atoms with Crippen LogP contribution in [0.2, 0.25) is 0 Å². The van der Waals surface area contributed by atoms with E-state index in [1.54, 1.807) is 0 Å². The number of hydrogen-bond donors (Lipinski definition) is 1. The molecule has 0 aliphatic heterocycles. The minimum Gasteiger partial charge on any atom is -0.363 e. The van der Waals surface area contributed by atoms with Crippen molar-refractivity contribution in [2.45, 2.75) is 78.2 Å². The van der Waals surface area contributed by atoms with Crippen molar-refractivity contribution in [1.82, 2.24) is 5.32 Å². The monoisotopic (exact) mass is 255 g/mol. The molecule has 0 heterocycles. The Balaban J connectivity index is 2.06. The van der Waals surface area contributed by atoms with E-state index >= 15 is 0 Å². The zero-order chi connectivity index (χ0) is 13.2. The quantitative estimate of drug-likeness (QED) is 0.488. The first-order chi connectivity index (χ1) is 8.75. The molecule has 1 saturated carbocycles. The Morgan fingerprint density at radius 3 is 2.61 bits per heavy atom. The van der Waals surface area contributed by atoms with Gasteiger partial charge in [-0.15, -0.1) is 0 Å². The maximum atomic E-state index is 6.05. The highest BCUT2D eigenvalue weighted by Gasteiger charge is 2.27. The van der Waals surface area contributed by atoms with Gasteiger partial charge in [0.15, 0.2) is 0 Å². The molecule has 0 amide bonds. The molecule has 108 valence electrons. The molecule has 2 nitrogen and oxygen atoms in total. The van der Waals surface area contributed by atoms with E-state index in [1.165, 1.54) is 51.4 Å². The molecule has 0 bridgehead atoms. The highest BCUT2D eigenvalue weighted by Crippen LogP contribution is 2.31. The first-order valence-electron chi connectivity index (χ1n) is 8.08. The zero-order valence-electron chi connectivity index (χ0n) is 12.7. The Morgan fingerprint density at radius 1 is 1.11 bits per heavy atom. The fourth-order valence-electron chi connectivity index (χ4n) is 3.01. The molecule has 2 heteroatoms. The minimum atomic E-state index is 0.502. The van der Waals surface area contributed by atoms with Crippen LogP contribution in [-0.4, -0.2) is 19.4 Å². The summed E-state index contributed by atoms with van der Waals surface area (Å²) in [7, 11) is 0. The third-order valence-electron chi connectivity index (χ3n) is 4.22. The van der Waals surface area contributed by atoms with E-state index in [0.29, 0.717) is 6.10 Å². The molecule has 0 aromatic carbocycles. The van der Waals surface area contributed by atoms with Gasteiger partial charge in [0.1, 0.15) is 0 Å². The lowest BCUT2D eigenvalue weighted by Gasteiger charge is -2.34. The summed E-state index contributed by atoms with van der Waals surface area (Å²) in [6, 6.07) is 0. The standard InChI is InChI=1S/C16H33NO/c1-4-5-6-9-12-17-13-18-16-11-8-7-10-15(16)14(2)3/h14-17H,4-13H2,1-3H3. The van der Waals surface area contributed by atoms with Crippen LogP contribution >= 0.6 is 0 Å². The number of rotatable bonds is 9. The summed E-state index contributed by atoms with van der Waals surface area (Å²) >= 11 is 0. The van der Waals surface area contributed by atoms with Crippen LogP contribution in [0.5, 0.6) is 0 Å². The molecular formula is C16H33NO. The first kappa shape index (κ1) is 16.0. The van der Waals surface area contributed by atoms with E-state index in [-0.39, 0.29) is 0 Å². The van der Waals surface area contributed by atoms with Gasteiger partial charge in [-0.05, 0) is 37.6 Å². The summed E-state index contributed by atoms with van der Waals surface area (Å²) in [5.41, 5.74) is 0. The van der Waals surface area contributed by atoms with Gasteiger partial charge in [0.05, 0.1) is 12.8 Å². The first-order valence-corrected chi connectivity index (χ1v) is 8.08. The summed E-state index contributed by atoms with van der Waals surface area (Å²) < 4.78 is 6.05. The number of unbranched alkanes of at least 4 members (excludes halogenated alkanes) is 3. The molecular weight excluding hydrogens is 222 g/mol. The second kappa shape index (κ2) is 9.80. The normalized spacial score (nSPS) is 24.7. The maximum absolute atomic E-state index is 6.05. The largest absolute Gasteiger partial charge is 0.363 e. The maximum Gasteiger partial charge on any atom is 0.0969 e. The van der Waals surface area contributed by atoms with Gasteiger partial charge in [0.2, 0.25) is 0 Å². The Labute approximate surface area is 114 Å². The van der Waals surface area contributed by atoms with Crippen LogP contribution in [0.4, 0.5) is 0 Å². The Kier molecular flexibility index (Phi) is 8.70. The Hall–Kier alpha value is -0.0800. The van der Waals surface area contributed by atoms with Gasteiger partial charge in [-0.1, -0.05) is 52.9 Å². The van der Waals surface area contributed by atoms with E-state index in [2.05, 4.69) is 26.1 Å². The van der Waals surface area contributed by atoms with E-state index in [1.807, 2.05) is 0 Å². The van der Waals surface area contributed by atoms with Crippen molar-refractivity contribution in [2.75, 3.05) is 13.3 Å². The minimum absolute atomic E-state index is 0.502. The molecule has 1 aliphatic carbocycles. The average molecular weight is 255 g/mol. The fraction of sp³-hybridized carbons (Fsp3) is 1.00. The molecule has 0 aromatic rings. The van der Waals surface area contributed by atoms with Gasteiger partial charge in [-0.2, -0.15) is 0 Å². The van der Waals surface area contributed by atoms with Crippen molar-refractivity contribution in [3.05, 3.63) is 0 Å². The summed E-state index contributed by atoms with van der Waals surface area (Å²) in [6.07, 6.45) is 11.2.